The monoisotopic (exact) mass is 688 g/mol. The number of ether oxygens (including phenoxy) is 1. The van der Waals surface area contributed by atoms with Gasteiger partial charge in [-0.3, -0.25) is 9.59 Å². The first kappa shape index (κ1) is 27.2. The standard InChI is InChI=1S/C27H23Br3N4O3/c1-27(2,3)26-33-22-10-9-17(28)13-19(22)25(36)34(26)31-14-16-11-20(29)24(21(30)12-16)37-15-23(35)32-18-7-5-4-6-8-18/h4-14H,15H2,1-3H3,(H,32,35). The minimum Gasteiger partial charge on any atom is -0.481 e. The molecule has 0 saturated carbocycles. The van der Waals surface area contributed by atoms with Crippen LogP contribution in [0, 0.1) is 0 Å². The van der Waals surface area contributed by atoms with Crippen LogP contribution in [0.5, 0.6) is 5.75 Å². The lowest BCUT2D eigenvalue weighted by molar-refractivity contribution is -0.118. The van der Waals surface area contributed by atoms with Crippen LogP contribution in [0.15, 0.2) is 84.0 Å². The number of aromatic nitrogens is 2. The Morgan fingerprint density at radius 1 is 1.05 bits per heavy atom. The number of halogens is 3. The van der Waals surface area contributed by atoms with Crippen molar-refractivity contribution < 1.29 is 9.53 Å². The van der Waals surface area contributed by atoms with Crippen LogP contribution in [0.1, 0.15) is 32.2 Å². The number of benzene rings is 3. The number of amides is 1. The molecule has 1 N–H and O–H groups in total. The second-order valence-electron chi connectivity index (χ2n) is 9.22. The average molecular weight is 691 g/mol. The molecule has 7 nitrogen and oxygen atoms in total. The Balaban J connectivity index is 1.60. The van der Waals surface area contributed by atoms with Crippen LogP contribution >= 0.6 is 47.8 Å². The minimum atomic E-state index is -0.420. The third-order valence-corrected chi connectivity index (χ3v) is 6.90. The summed E-state index contributed by atoms with van der Waals surface area (Å²) >= 11 is 10.4. The molecule has 0 radical (unpaired) electrons. The summed E-state index contributed by atoms with van der Waals surface area (Å²) in [5.41, 5.74) is 1.35. The number of nitrogens with one attached hydrogen (secondary N) is 1. The Labute approximate surface area is 239 Å². The Hall–Kier alpha value is -2.82. The van der Waals surface area contributed by atoms with Crippen LogP contribution in [-0.2, 0) is 10.2 Å². The van der Waals surface area contributed by atoms with Gasteiger partial charge in [-0.1, -0.05) is 54.9 Å². The second kappa shape index (κ2) is 11.3. The number of anilines is 1. The van der Waals surface area contributed by atoms with Gasteiger partial charge < -0.3 is 10.1 Å². The maximum Gasteiger partial charge on any atom is 0.282 e. The van der Waals surface area contributed by atoms with Crippen molar-refractivity contribution in [1.29, 1.82) is 0 Å². The number of hydrogen-bond acceptors (Lipinski definition) is 5. The van der Waals surface area contributed by atoms with E-state index in [0.717, 1.165) is 4.47 Å². The largest absolute Gasteiger partial charge is 0.481 e. The van der Waals surface area contributed by atoms with Gasteiger partial charge in [0.15, 0.2) is 6.61 Å². The van der Waals surface area contributed by atoms with Crippen molar-refractivity contribution in [3.8, 4) is 5.75 Å². The molecule has 1 heterocycles. The molecule has 1 amide bonds. The first-order valence-electron chi connectivity index (χ1n) is 11.3. The molecule has 0 bridgehead atoms. The van der Waals surface area contributed by atoms with Gasteiger partial charge in [-0.15, -0.1) is 0 Å². The van der Waals surface area contributed by atoms with Crippen LogP contribution in [0.25, 0.3) is 10.9 Å². The van der Waals surface area contributed by atoms with E-state index >= 15 is 0 Å². The predicted molar refractivity (Wildman–Crippen MR) is 158 cm³/mol. The van der Waals surface area contributed by atoms with E-state index in [1.54, 1.807) is 36.5 Å². The van der Waals surface area contributed by atoms with Crippen molar-refractivity contribution in [2.45, 2.75) is 26.2 Å². The van der Waals surface area contributed by atoms with Crippen LogP contribution in [0.4, 0.5) is 5.69 Å². The Morgan fingerprint density at radius 2 is 1.73 bits per heavy atom. The maximum absolute atomic E-state index is 13.3. The van der Waals surface area contributed by atoms with Crippen molar-refractivity contribution in [3.63, 3.8) is 0 Å². The van der Waals surface area contributed by atoms with Gasteiger partial charge >= 0.3 is 0 Å². The first-order valence-corrected chi connectivity index (χ1v) is 13.6. The summed E-state index contributed by atoms with van der Waals surface area (Å²) in [7, 11) is 0. The summed E-state index contributed by atoms with van der Waals surface area (Å²) < 4.78 is 9.12. The number of rotatable bonds is 6. The molecule has 4 aromatic rings. The van der Waals surface area contributed by atoms with Crippen molar-refractivity contribution in [3.05, 3.63) is 95.8 Å². The predicted octanol–water partition coefficient (Wildman–Crippen LogP) is 6.88. The van der Waals surface area contributed by atoms with E-state index in [9.17, 15) is 9.59 Å². The van der Waals surface area contributed by atoms with E-state index in [-0.39, 0.29) is 18.1 Å². The molecule has 0 aliphatic heterocycles. The summed E-state index contributed by atoms with van der Waals surface area (Å²) in [4.78, 5) is 30.3. The van der Waals surface area contributed by atoms with E-state index in [1.807, 2.05) is 51.1 Å². The quantitative estimate of drug-likeness (QED) is 0.224. The van der Waals surface area contributed by atoms with Gasteiger partial charge in [-0.25, -0.2) is 4.98 Å². The summed E-state index contributed by atoms with van der Waals surface area (Å²) in [5, 5.41) is 7.76. The second-order valence-corrected chi connectivity index (χ2v) is 11.8. The lowest BCUT2D eigenvalue weighted by Gasteiger charge is -2.21. The van der Waals surface area contributed by atoms with Gasteiger partial charge in [0.1, 0.15) is 11.6 Å². The first-order chi connectivity index (χ1) is 17.5. The molecule has 37 heavy (non-hydrogen) atoms. The molecule has 0 saturated heterocycles. The van der Waals surface area contributed by atoms with Crippen LogP contribution < -0.4 is 15.6 Å². The topological polar surface area (TPSA) is 85.6 Å². The molecule has 10 heteroatoms. The van der Waals surface area contributed by atoms with E-state index in [0.29, 0.717) is 42.7 Å². The number of nitrogens with zero attached hydrogens (tertiary/aromatic N) is 3. The zero-order valence-corrected chi connectivity index (χ0v) is 25.0. The average Bonchev–Trinajstić information content (AvgIpc) is 2.83. The SMILES string of the molecule is CC(C)(C)c1nc2ccc(Br)cc2c(=O)n1N=Cc1cc(Br)c(OCC(=O)Nc2ccccc2)c(Br)c1. The molecule has 0 atom stereocenters. The van der Waals surface area contributed by atoms with Crippen LogP contribution in [0.3, 0.4) is 0 Å². The number of fused-ring (bicyclic) bond motifs is 1. The minimum absolute atomic E-state index is 0.164. The molecular formula is C27H23Br3N4O3. The molecule has 1 aromatic heterocycles. The van der Waals surface area contributed by atoms with Gasteiger partial charge in [-0.05, 0) is 79.9 Å². The lowest BCUT2D eigenvalue weighted by atomic mass is 9.95. The molecule has 0 spiro atoms. The van der Waals surface area contributed by atoms with Crippen LogP contribution in [-0.4, -0.2) is 28.4 Å². The summed E-state index contributed by atoms with van der Waals surface area (Å²) in [6.07, 6.45) is 1.59. The highest BCUT2D eigenvalue weighted by atomic mass is 79.9. The zero-order chi connectivity index (χ0) is 26.7. The van der Waals surface area contributed by atoms with E-state index in [1.165, 1.54) is 4.68 Å². The van der Waals surface area contributed by atoms with Gasteiger partial charge in [0, 0.05) is 15.6 Å². The molecular weight excluding hydrogens is 668 g/mol. The fourth-order valence-electron chi connectivity index (χ4n) is 3.51. The highest BCUT2D eigenvalue weighted by Crippen LogP contribution is 2.34. The molecule has 0 unspecified atom stereocenters. The number of para-hydroxylation sites is 1. The van der Waals surface area contributed by atoms with Crippen molar-refractivity contribution in [2.75, 3.05) is 11.9 Å². The van der Waals surface area contributed by atoms with E-state index < -0.39 is 5.41 Å². The number of carbonyl (C=O) groups is 1. The van der Waals surface area contributed by atoms with Gasteiger partial charge in [0.25, 0.3) is 11.5 Å². The third kappa shape index (κ3) is 6.55. The molecule has 190 valence electrons. The lowest BCUT2D eigenvalue weighted by Crippen LogP contribution is -2.29. The van der Waals surface area contributed by atoms with Crippen molar-refractivity contribution in [2.24, 2.45) is 5.10 Å². The van der Waals surface area contributed by atoms with Gasteiger partial charge in [0.05, 0.1) is 26.1 Å². The highest BCUT2D eigenvalue weighted by Gasteiger charge is 2.23. The third-order valence-electron chi connectivity index (χ3n) is 5.23. The maximum atomic E-state index is 13.3. The van der Waals surface area contributed by atoms with E-state index in [4.69, 9.17) is 9.72 Å². The van der Waals surface area contributed by atoms with E-state index in [2.05, 4.69) is 58.2 Å². The van der Waals surface area contributed by atoms with Crippen molar-refractivity contribution in [1.82, 2.24) is 9.66 Å². The fourth-order valence-corrected chi connectivity index (χ4v) is 5.33. The number of hydrogen-bond donors (Lipinski definition) is 1. The molecule has 0 aliphatic rings. The van der Waals surface area contributed by atoms with Gasteiger partial charge in [0.2, 0.25) is 0 Å². The van der Waals surface area contributed by atoms with Gasteiger partial charge in [-0.2, -0.15) is 9.78 Å². The summed E-state index contributed by atoms with van der Waals surface area (Å²) in [6, 6.07) is 18.2. The Morgan fingerprint density at radius 3 is 2.38 bits per heavy atom. The zero-order valence-electron chi connectivity index (χ0n) is 20.3. The molecule has 0 aliphatic carbocycles. The molecule has 3 aromatic carbocycles. The van der Waals surface area contributed by atoms with Crippen LogP contribution in [0.2, 0.25) is 0 Å². The highest BCUT2D eigenvalue weighted by molar-refractivity contribution is 9.11. The smallest absolute Gasteiger partial charge is 0.282 e. The Bertz CT molecular complexity index is 1540. The summed E-state index contributed by atoms with van der Waals surface area (Å²) in [5.74, 6) is 0.747. The fraction of sp³-hybridized carbons (Fsp3) is 0.185. The van der Waals surface area contributed by atoms with Crippen molar-refractivity contribution >= 4 is 76.5 Å². The Kier molecular flexibility index (Phi) is 8.30. The normalized spacial score (nSPS) is 11.7. The molecule has 4 rings (SSSR count). The summed E-state index contributed by atoms with van der Waals surface area (Å²) in [6.45, 7) is 5.79. The molecule has 0 fully saturated rings. The number of carbonyl (C=O) groups excluding carboxylic acids is 1.